The minimum absolute atomic E-state index is 0. The van der Waals surface area contributed by atoms with Crippen LogP contribution in [-0.4, -0.2) is 199 Å². The van der Waals surface area contributed by atoms with Gasteiger partial charge in [0.2, 0.25) is 23.6 Å². The SMILES string of the molecule is CCC(C)NC(CC(=O)N(C)CCCCCCN(C)C(=O)CC(NC(C)CC)C(=O)OC)C(=O)OC.COC(=O)C(CC(=O)N(C)CCCCCCN(C)C(=O)CC(NC(C)C(C)(C)C)C(=O)OC)NCC(C)(C)C.[HH].[HH]. The molecule has 0 rings (SSSR count). The minimum atomic E-state index is -0.685. The highest BCUT2D eigenvalue weighted by molar-refractivity contribution is 5.87. The van der Waals surface area contributed by atoms with Crippen LogP contribution in [0.15, 0.2) is 0 Å². The molecule has 0 heterocycles. The molecule has 7 atom stereocenters. The fraction of sp³-hybridized carbons (Fsp3) is 0.855. The summed E-state index contributed by atoms with van der Waals surface area (Å²) in [6.45, 7) is 25.3. The number of hydrogen-bond donors (Lipinski definition) is 4. The van der Waals surface area contributed by atoms with Crippen molar-refractivity contribution in [2.24, 2.45) is 10.8 Å². The van der Waals surface area contributed by atoms with Gasteiger partial charge in [0.25, 0.3) is 0 Å². The molecule has 7 unspecified atom stereocenters. The molecule has 0 saturated carbocycles. The summed E-state index contributed by atoms with van der Waals surface area (Å²) in [7, 11) is 12.3. The van der Waals surface area contributed by atoms with E-state index in [1.165, 1.54) is 28.4 Å². The molecule has 4 amide bonds. The molecule has 442 valence electrons. The van der Waals surface area contributed by atoms with Crippen LogP contribution < -0.4 is 21.3 Å². The Balaban J connectivity index is -0.000000677. The van der Waals surface area contributed by atoms with E-state index in [9.17, 15) is 38.4 Å². The smallest absolute Gasteiger partial charge is 0.323 e. The van der Waals surface area contributed by atoms with E-state index in [0.29, 0.717) is 32.7 Å². The van der Waals surface area contributed by atoms with E-state index < -0.39 is 48.0 Å². The summed E-state index contributed by atoms with van der Waals surface area (Å²) in [6.07, 6.45) is 8.95. The van der Waals surface area contributed by atoms with E-state index in [4.69, 9.17) is 18.9 Å². The van der Waals surface area contributed by atoms with Gasteiger partial charge in [-0.2, -0.15) is 0 Å². The second kappa shape index (κ2) is 39.0. The summed E-state index contributed by atoms with van der Waals surface area (Å²) >= 11 is 0. The van der Waals surface area contributed by atoms with Gasteiger partial charge < -0.3 is 59.8 Å². The van der Waals surface area contributed by atoms with Gasteiger partial charge in [-0.1, -0.05) is 81.1 Å². The lowest BCUT2D eigenvalue weighted by Crippen LogP contribution is -2.50. The summed E-state index contributed by atoms with van der Waals surface area (Å²) in [5.41, 5.74) is -0.0865. The zero-order chi connectivity index (χ0) is 58.1. The fourth-order valence-corrected chi connectivity index (χ4v) is 7.27. The Kier molecular flexibility index (Phi) is 37.8. The van der Waals surface area contributed by atoms with Gasteiger partial charge in [0.05, 0.1) is 54.1 Å². The Morgan fingerprint density at radius 3 is 0.920 bits per heavy atom. The highest BCUT2D eigenvalue weighted by atomic mass is 16.5. The Morgan fingerprint density at radius 1 is 0.427 bits per heavy atom. The first-order valence-corrected chi connectivity index (χ1v) is 27.2. The molecule has 0 bridgehead atoms. The molecule has 0 radical (unpaired) electrons. The fourth-order valence-electron chi connectivity index (χ4n) is 7.27. The molecule has 20 nitrogen and oxygen atoms in total. The summed E-state index contributed by atoms with van der Waals surface area (Å²) in [5.74, 6) is -2.13. The molecule has 0 fully saturated rings. The van der Waals surface area contributed by atoms with E-state index in [-0.39, 0.29) is 81.1 Å². The predicted molar refractivity (Wildman–Crippen MR) is 299 cm³/mol. The number of rotatable bonds is 36. The van der Waals surface area contributed by atoms with E-state index >= 15 is 0 Å². The molecule has 0 aromatic heterocycles. The number of amides is 4. The number of carbonyl (C=O) groups is 8. The summed E-state index contributed by atoms with van der Waals surface area (Å²) in [5, 5.41) is 12.7. The molecule has 0 aliphatic carbocycles. The number of nitrogens with zero attached hydrogens (tertiary/aromatic N) is 4. The topological polar surface area (TPSA) is 235 Å². The number of carbonyl (C=O) groups excluding carboxylic acids is 8. The summed E-state index contributed by atoms with van der Waals surface area (Å²) < 4.78 is 19.4. The molecule has 0 spiro atoms. The van der Waals surface area contributed by atoms with Crippen LogP contribution in [0.3, 0.4) is 0 Å². The average molecular weight is 1080 g/mol. The van der Waals surface area contributed by atoms with Crippen molar-refractivity contribution >= 4 is 47.5 Å². The van der Waals surface area contributed by atoms with Crippen molar-refractivity contribution in [1.82, 2.24) is 40.9 Å². The monoisotopic (exact) mass is 1070 g/mol. The Labute approximate surface area is 455 Å². The lowest BCUT2D eigenvalue weighted by Gasteiger charge is -2.31. The number of nitrogens with one attached hydrogen (secondary N) is 4. The number of hydrogen-bond acceptors (Lipinski definition) is 16. The van der Waals surface area contributed by atoms with Crippen LogP contribution in [-0.2, 0) is 57.3 Å². The van der Waals surface area contributed by atoms with Crippen molar-refractivity contribution in [2.75, 3.05) is 89.4 Å². The molecule has 0 aliphatic rings. The molecule has 0 aliphatic heterocycles. The predicted octanol–water partition coefficient (Wildman–Crippen LogP) is 5.58. The van der Waals surface area contributed by atoms with Crippen molar-refractivity contribution < 1.29 is 60.2 Å². The first kappa shape index (κ1) is 72.7. The van der Waals surface area contributed by atoms with Crippen LogP contribution in [0.25, 0.3) is 0 Å². The lowest BCUT2D eigenvalue weighted by molar-refractivity contribution is -0.146. The van der Waals surface area contributed by atoms with E-state index in [2.05, 4.69) is 62.8 Å². The van der Waals surface area contributed by atoms with E-state index in [0.717, 1.165) is 64.2 Å². The average Bonchev–Trinajstić information content (AvgIpc) is 3.36. The third-order valence-electron chi connectivity index (χ3n) is 13.5. The van der Waals surface area contributed by atoms with Crippen LogP contribution >= 0.6 is 0 Å². The van der Waals surface area contributed by atoms with Crippen LogP contribution in [0, 0.1) is 10.8 Å². The quantitative estimate of drug-likeness (QED) is 0.0341. The van der Waals surface area contributed by atoms with Crippen molar-refractivity contribution in [3.05, 3.63) is 0 Å². The second-order valence-corrected chi connectivity index (χ2v) is 22.4. The van der Waals surface area contributed by atoms with Gasteiger partial charge in [-0.3, -0.25) is 38.4 Å². The molecule has 0 aromatic rings. The molecular weight excluding hydrogens is 965 g/mol. The maximum atomic E-state index is 12.7. The van der Waals surface area contributed by atoms with Crippen molar-refractivity contribution in [3.8, 4) is 0 Å². The van der Waals surface area contributed by atoms with Crippen LogP contribution in [0.2, 0.25) is 0 Å². The summed E-state index contributed by atoms with van der Waals surface area (Å²) in [4.78, 5) is 106. The molecular formula is C55H110N8O12. The Hall–Kier alpha value is -4.40. The standard InChI is InChI=1S/C29H56N4O6.C26H50N4O6.2H2/c1-21(29(5,6)7)31-23(27(37)39-11)19-25(35)33(9)17-15-13-12-14-16-32(8)24(34)18-22(26(36)38-10)30-20-28(2,3)4;1-9-19(3)27-21(25(33)35-7)17-23(31)29(5)15-13-11-12-14-16-30(6)24(32)18-22(26(34)36-8)28-20(4)10-2;;/h21-23,30-31H,12-20H2,1-11H3;19-22,27-28H,9-18H2,1-8H3;2*1H. The third-order valence-corrected chi connectivity index (χ3v) is 13.5. The van der Waals surface area contributed by atoms with Crippen LogP contribution in [0.1, 0.15) is 169 Å². The zero-order valence-corrected chi connectivity index (χ0v) is 50.2. The van der Waals surface area contributed by atoms with Crippen LogP contribution in [0.4, 0.5) is 0 Å². The van der Waals surface area contributed by atoms with Crippen molar-refractivity contribution in [3.63, 3.8) is 0 Å². The third kappa shape index (κ3) is 33.4. The molecule has 4 N–H and O–H groups in total. The lowest BCUT2D eigenvalue weighted by atomic mass is 9.87. The number of esters is 4. The maximum Gasteiger partial charge on any atom is 0.323 e. The van der Waals surface area contributed by atoms with E-state index in [1.54, 1.807) is 47.8 Å². The van der Waals surface area contributed by atoms with Crippen molar-refractivity contribution in [2.45, 2.75) is 208 Å². The molecule has 0 aromatic carbocycles. The van der Waals surface area contributed by atoms with Crippen molar-refractivity contribution in [1.29, 1.82) is 0 Å². The van der Waals surface area contributed by atoms with Gasteiger partial charge >= 0.3 is 23.9 Å². The zero-order valence-electron chi connectivity index (χ0n) is 50.2. The van der Waals surface area contributed by atoms with Gasteiger partial charge in [-0.25, -0.2) is 0 Å². The van der Waals surface area contributed by atoms with Gasteiger partial charge in [0.15, 0.2) is 0 Å². The number of methoxy groups -OCH3 is 4. The van der Waals surface area contributed by atoms with Gasteiger partial charge in [-0.15, -0.1) is 0 Å². The highest BCUT2D eigenvalue weighted by Crippen LogP contribution is 2.20. The van der Waals surface area contributed by atoms with Crippen LogP contribution in [0.5, 0.6) is 0 Å². The normalized spacial score (nSPS) is 14.3. The van der Waals surface area contributed by atoms with Gasteiger partial charge in [0.1, 0.15) is 24.2 Å². The molecule has 0 saturated heterocycles. The Morgan fingerprint density at radius 2 is 0.680 bits per heavy atom. The molecule has 20 heteroatoms. The maximum absolute atomic E-state index is 12.7. The first-order chi connectivity index (χ1) is 34.9. The first-order valence-electron chi connectivity index (χ1n) is 27.2. The van der Waals surface area contributed by atoms with E-state index in [1.807, 2.05) is 34.6 Å². The number of ether oxygens (including phenoxy) is 4. The Bertz CT molecular complexity index is 1650. The second-order valence-electron chi connectivity index (χ2n) is 22.4. The summed E-state index contributed by atoms with van der Waals surface area (Å²) in [6, 6.07) is -2.40. The largest absolute Gasteiger partial charge is 0.468 e. The minimum Gasteiger partial charge on any atom is -0.468 e. The van der Waals surface area contributed by atoms with Gasteiger partial charge in [0, 0.05) is 81.9 Å². The molecule has 75 heavy (non-hydrogen) atoms. The van der Waals surface area contributed by atoms with Gasteiger partial charge in [-0.05, 0) is 70.1 Å². The number of unbranched alkanes of at least 4 members (excludes halogenated alkanes) is 6. The highest BCUT2D eigenvalue weighted by Gasteiger charge is 2.31.